The molecule has 1 aromatic carbocycles. The largest absolute Gasteiger partial charge is 0.329 e. The minimum Gasteiger partial charge on any atom is -0.329 e. The van der Waals surface area contributed by atoms with Crippen LogP contribution in [0.5, 0.6) is 0 Å². The molecule has 112 valence electrons. The standard InChI is InChI=1S/C16H24ClFN2/c1-3-16(2)6-8-20(9-7-16)15(11-19)12-4-5-14(18)13(17)10-12/h4-5,10,15H,3,6-9,11,19H2,1-2H3. The van der Waals surface area contributed by atoms with E-state index in [0.717, 1.165) is 18.7 Å². The summed E-state index contributed by atoms with van der Waals surface area (Å²) in [7, 11) is 0. The molecule has 0 aromatic heterocycles. The van der Waals surface area contributed by atoms with Crippen LogP contribution in [0.15, 0.2) is 18.2 Å². The molecule has 0 saturated carbocycles. The maximum Gasteiger partial charge on any atom is 0.141 e. The van der Waals surface area contributed by atoms with Crippen LogP contribution >= 0.6 is 11.6 Å². The molecule has 2 N–H and O–H groups in total. The smallest absolute Gasteiger partial charge is 0.141 e. The highest BCUT2D eigenvalue weighted by Crippen LogP contribution is 2.37. The highest BCUT2D eigenvalue weighted by atomic mass is 35.5. The maximum absolute atomic E-state index is 13.3. The number of hydrogen-bond donors (Lipinski definition) is 1. The first-order valence-corrected chi connectivity index (χ1v) is 7.76. The molecular formula is C16H24ClFN2. The molecule has 2 nitrogen and oxygen atoms in total. The highest BCUT2D eigenvalue weighted by molar-refractivity contribution is 6.30. The molecule has 1 atom stereocenters. The summed E-state index contributed by atoms with van der Waals surface area (Å²) in [5, 5.41) is 0.177. The summed E-state index contributed by atoms with van der Waals surface area (Å²) in [6.45, 7) is 7.24. The van der Waals surface area contributed by atoms with Crippen molar-refractivity contribution in [1.82, 2.24) is 4.90 Å². The van der Waals surface area contributed by atoms with Gasteiger partial charge in [0.2, 0.25) is 0 Å². The first-order valence-electron chi connectivity index (χ1n) is 7.38. The first-order chi connectivity index (χ1) is 9.49. The number of likely N-dealkylation sites (tertiary alicyclic amines) is 1. The summed E-state index contributed by atoms with van der Waals surface area (Å²) in [5.41, 5.74) is 7.41. The summed E-state index contributed by atoms with van der Waals surface area (Å²) in [4.78, 5) is 2.40. The average Bonchev–Trinajstić information content (AvgIpc) is 2.46. The zero-order chi connectivity index (χ0) is 14.8. The Labute approximate surface area is 126 Å². The fourth-order valence-corrected chi connectivity index (χ4v) is 3.13. The van der Waals surface area contributed by atoms with Crippen LogP contribution in [0, 0.1) is 11.2 Å². The molecule has 0 amide bonds. The van der Waals surface area contributed by atoms with Gasteiger partial charge in [-0.15, -0.1) is 0 Å². The molecule has 20 heavy (non-hydrogen) atoms. The predicted molar refractivity (Wildman–Crippen MR) is 82.4 cm³/mol. The van der Waals surface area contributed by atoms with Crippen molar-refractivity contribution in [2.24, 2.45) is 11.1 Å². The third kappa shape index (κ3) is 3.33. The number of benzene rings is 1. The zero-order valence-electron chi connectivity index (χ0n) is 12.3. The summed E-state index contributed by atoms with van der Waals surface area (Å²) in [6, 6.07) is 5.07. The molecule has 0 bridgehead atoms. The van der Waals surface area contributed by atoms with Gasteiger partial charge in [0.1, 0.15) is 5.82 Å². The van der Waals surface area contributed by atoms with Crippen molar-refractivity contribution in [3.05, 3.63) is 34.6 Å². The normalized spacial score (nSPS) is 20.9. The molecule has 1 aliphatic rings. The average molecular weight is 299 g/mol. The Balaban J connectivity index is 2.11. The Morgan fingerprint density at radius 3 is 2.55 bits per heavy atom. The summed E-state index contributed by atoms with van der Waals surface area (Å²) in [5.74, 6) is -0.372. The zero-order valence-corrected chi connectivity index (χ0v) is 13.1. The number of nitrogens with two attached hydrogens (primary N) is 1. The Morgan fingerprint density at radius 1 is 1.40 bits per heavy atom. The topological polar surface area (TPSA) is 29.3 Å². The minimum absolute atomic E-state index is 0.134. The third-order valence-electron chi connectivity index (χ3n) is 4.85. The van der Waals surface area contributed by atoms with Crippen molar-refractivity contribution in [3.63, 3.8) is 0 Å². The summed E-state index contributed by atoms with van der Waals surface area (Å²) < 4.78 is 13.3. The Kier molecular flexibility index (Phi) is 5.05. The maximum atomic E-state index is 13.3. The van der Waals surface area contributed by atoms with E-state index >= 15 is 0 Å². The monoisotopic (exact) mass is 298 g/mol. The van der Waals surface area contributed by atoms with Crippen LogP contribution in [0.3, 0.4) is 0 Å². The second-order valence-corrected chi connectivity index (χ2v) is 6.53. The van der Waals surface area contributed by atoms with Gasteiger partial charge in [-0.3, -0.25) is 4.90 Å². The Morgan fingerprint density at radius 2 is 2.05 bits per heavy atom. The number of nitrogens with zero attached hydrogens (tertiary/aromatic N) is 1. The minimum atomic E-state index is -0.372. The lowest BCUT2D eigenvalue weighted by Crippen LogP contribution is -2.42. The molecule has 0 aliphatic carbocycles. The van der Waals surface area contributed by atoms with Gasteiger partial charge < -0.3 is 5.73 Å². The van der Waals surface area contributed by atoms with E-state index in [1.807, 2.05) is 0 Å². The lowest BCUT2D eigenvalue weighted by atomic mass is 9.78. The van der Waals surface area contributed by atoms with Crippen molar-refractivity contribution in [3.8, 4) is 0 Å². The summed E-state index contributed by atoms with van der Waals surface area (Å²) >= 11 is 5.89. The molecule has 1 fully saturated rings. The predicted octanol–water partition coefficient (Wildman–Crippen LogP) is 3.99. The molecule has 4 heteroatoms. The van der Waals surface area contributed by atoms with Crippen LogP contribution in [0.4, 0.5) is 4.39 Å². The second-order valence-electron chi connectivity index (χ2n) is 6.13. The number of hydrogen-bond acceptors (Lipinski definition) is 2. The number of rotatable bonds is 4. The molecular weight excluding hydrogens is 275 g/mol. The number of halogens is 2. The fraction of sp³-hybridized carbons (Fsp3) is 0.625. The molecule has 1 unspecified atom stereocenters. The van der Waals surface area contributed by atoms with Crippen molar-refractivity contribution >= 4 is 11.6 Å². The van der Waals surface area contributed by atoms with E-state index in [4.69, 9.17) is 17.3 Å². The van der Waals surface area contributed by atoms with Gasteiger partial charge in [-0.05, 0) is 49.0 Å². The van der Waals surface area contributed by atoms with Gasteiger partial charge in [-0.1, -0.05) is 37.9 Å². The van der Waals surface area contributed by atoms with Gasteiger partial charge in [0.15, 0.2) is 0 Å². The van der Waals surface area contributed by atoms with E-state index < -0.39 is 0 Å². The second kappa shape index (κ2) is 6.42. The molecule has 0 radical (unpaired) electrons. The van der Waals surface area contributed by atoms with Gasteiger partial charge in [-0.2, -0.15) is 0 Å². The van der Waals surface area contributed by atoms with Crippen LogP contribution in [-0.4, -0.2) is 24.5 Å². The first kappa shape index (κ1) is 15.7. The quantitative estimate of drug-likeness (QED) is 0.910. The van der Waals surface area contributed by atoms with Gasteiger partial charge in [0.05, 0.1) is 5.02 Å². The molecule has 1 heterocycles. The highest BCUT2D eigenvalue weighted by Gasteiger charge is 2.31. The van der Waals surface area contributed by atoms with Crippen LogP contribution in [0.2, 0.25) is 5.02 Å². The van der Waals surface area contributed by atoms with Crippen LogP contribution in [0.25, 0.3) is 0 Å². The van der Waals surface area contributed by atoms with E-state index in [-0.39, 0.29) is 16.9 Å². The summed E-state index contributed by atoms with van der Waals surface area (Å²) in [6.07, 6.45) is 3.60. The third-order valence-corrected chi connectivity index (χ3v) is 5.14. The van der Waals surface area contributed by atoms with Gasteiger partial charge >= 0.3 is 0 Å². The van der Waals surface area contributed by atoms with Crippen molar-refractivity contribution < 1.29 is 4.39 Å². The van der Waals surface area contributed by atoms with E-state index in [1.165, 1.54) is 25.3 Å². The molecule has 1 aromatic rings. The fourth-order valence-electron chi connectivity index (χ4n) is 2.94. The van der Waals surface area contributed by atoms with Crippen LogP contribution in [-0.2, 0) is 0 Å². The van der Waals surface area contributed by atoms with Gasteiger partial charge in [-0.25, -0.2) is 4.39 Å². The number of piperidine rings is 1. The Hall–Kier alpha value is -0.640. The molecule has 1 aliphatic heterocycles. The van der Waals surface area contributed by atoms with Crippen molar-refractivity contribution in [1.29, 1.82) is 0 Å². The van der Waals surface area contributed by atoms with E-state index in [0.29, 0.717) is 12.0 Å². The van der Waals surface area contributed by atoms with Crippen LogP contribution < -0.4 is 5.73 Å². The lowest BCUT2D eigenvalue weighted by molar-refractivity contribution is 0.0829. The van der Waals surface area contributed by atoms with Gasteiger partial charge in [0.25, 0.3) is 0 Å². The molecule has 2 rings (SSSR count). The van der Waals surface area contributed by atoms with E-state index in [1.54, 1.807) is 12.1 Å². The molecule has 1 saturated heterocycles. The van der Waals surface area contributed by atoms with Crippen LogP contribution in [0.1, 0.15) is 44.7 Å². The van der Waals surface area contributed by atoms with Gasteiger partial charge in [0, 0.05) is 12.6 Å². The van der Waals surface area contributed by atoms with Crippen molar-refractivity contribution in [2.45, 2.75) is 39.2 Å². The van der Waals surface area contributed by atoms with Crippen molar-refractivity contribution in [2.75, 3.05) is 19.6 Å². The SMILES string of the molecule is CCC1(C)CCN(C(CN)c2ccc(F)c(Cl)c2)CC1. The van der Waals surface area contributed by atoms with E-state index in [9.17, 15) is 4.39 Å². The lowest BCUT2D eigenvalue weighted by Gasteiger charge is -2.42. The molecule has 0 spiro atoms. The van der Waals surface area contributed by atoms with E-state index in [2.05, 4.69) is 18.7 Å². The Bertz CT molecular complexity index is 456.